The molecule has 2 unspecified atom stereocenters. The number of aliphatic hydroxyl groups is 1. The van der Waals surface area contributed by atoms with E-state index < -0.39 is 21.2 Å². The van der Waals surface area contributed by atoms with E-state index in [0.29, 0.717) is 32.4 Å². The van der Waals surface area contributed by atoms with Crippen LogP contribution in [0.4, 0.5) is 0 Å². The number of sulfone groups is 1. The molecule has 6 nitrogen and oxygen atoms in total. The van der Waals surface area contributed by atoms with Crippen molar-refractivity contribution in [2.75, 3.05) is 12.9 Å². The number of aromatic nitrogens is 2. The minimum absolute atomic E-state index is 0.115. The second kappa shape index (κ2) is 8.82. The van der Waals surface area contributed by atoms with Crippen LogP contribution in [-0.2, 0) is 21.2 Å². The van der Waals surface area contributed by atoms with Gasteiger partial charge in [0.2, 0.25) is 0 Å². The first-order valence-electron chi connectivity index (χ1n) is 9.01. The van der Waals surface area contributed by atoms with E-state index in [2.05, 4.69) is 27.6 Å². The number of fused-ring (bicyclic) bond motifs is 1. The molecule has 3 rings (SSSR count). The molecule has 0 spiro atoms. The number of imidazole rings is 1. The van der Waals surface area contributed by atoms with Gasteiger partial charge in [0.25, 0.3) is 0 Å². The average Bonchev–Trinajstić information content (AvgIpc) is 3.01. The van der Waals surface area contributed by atoms with Gasteiger partial charge in [-0.1, -0.05) is 57.9 Å². The molecule has 1 heterocycles. The predicted octanol–water partition coefficient (Wildman–Crippen LogP) is 5.13. The van der Waals surface area contributed by atoms with Crippen molar-refractivity contribution in [3.63, 3.8) is 0 Å². The van der Waals surface area contributed by atoms with E-state index in [-0.39, 0.29) is 15.6 Å². The van der Waals surface area contributed by atoms with Crippen LogP contribution in [0.15, 0.2) is 36.4 Å². The van der Waals surface area contributed by atoms with Crippen LogP contribution in [0.25, 0.3) is 11.0 Å². The van der Waals surface area contributed by atoms with E-state index in [1.165, 1.54) is 6.92 Å². The molecule has 0 saturated heterocycles. The Morgan fingerprint density at radius 2 is 1.83 bits per heavy atom. The summed E-state index contributed by atoms with van der Waals surface area (Å²) in [4.78, 5) is 4.51. The average molecular weight is 583 g/mol. The number of benzene rings is 2. The number of nitrogens with zero attached hydrogens (tertiary/aromatic N) is 2. The SMILES string of the molecule is COc1ccc(CS(=O)(=O)CC(C)(O)c2nc3cc(Cl)c(Cl)cc3n2C(C)I)cc1. The van der Waals surface area contributed by atoms with Gasteiger partial charge in [0.15, 0.2) is 9.84 Å². The van der Waals surface area contributed by atoms with E-state index in [1.54, 1.807) is 48.1 Å². The van der Waals surface area contributed by atoms with Gasteiger partial charge in [-0.15, -0.1) is 0 Å². The van der Waals surface area contributed by atoms with Crippen LogP contribution in [0.2, 0.25) is 10.0 Å². The molecule has 1 aromatic heterocycles. The number of hydrogen-bond donors (Lipinski definition) is 1. The fourth-order valence-electron chi connectivity index (χ4n) is 3.35. The van der Waals surface area contributed by atoms with Crippen LogP contribution in [0.1, 0.15) is 29.3 Å². The van der Waals surface area contributed by atoms with E-state index in [9.17, 15) is 13.5 Å². The van der Waals surface area contributed by atoms with Crippen molar-refractivity contribution in [2.24, 2.45) is 0 Å². The summed E-state index contributed by atoms with van der Waals surface area (Å²) in [5, 5.41) is 11.9. The molecule has 0 amide bonds. The van der Waals surface area contributed by atoms with Crippen LogP contribution in [0.3, 0.4) is 0 Å². The standard InChI is InChI=1S/C20H21Cl2IN2O4S/c1-12(23)25-18-9-16(22)15(21)8-17(18)24-19(25)20(2,26)11-30(27,28)10-13-4-6-14(29-3)7-5-13/h4-9,12,26H,10-11H2,1-3H3. The Hall–Kier alpha value is -1.07. The maximum atomic E-state index is 12.9. The second-order valence-corrected chi connectivity index (χ2v) is 12.0. The lowest BCUT2D eigenvalue weighted by atomic mass is 10.1. The molecule has 30 heavy (non-hydrogen) atoms. The highest BCUT2D eigenvalue weighted by Gasteiger charge is 2.36. The predicted molar refractivity (Wildman–Crippen MR) is 129 cm³/mol. The highest BCUT2D eigenvalue weighted by Crippen LogP contribution is 2.35. The summed E-state index contributed by atoms with van der Waals surface area (Å²) >= 11 is 14.5. The fourth-order valence-corrected chi connectivity index (χ4v) is 6.02. The Bertz CT molecular complexity index is 1180. The van der Waals surface area contributed by atoms with Crippen molar-refractivity contribution in [1.29, 1.82) is 0 Å². The zero-order valence-electron chi connectivity index (χ0n) is 16.6. The van der Waals surface area contributed by atoms with Crippen molar-refractivity contribution in [3.05, 3.63) is 57.8 Å². The van der Waals surface area contributed by atoms with E-state index >= 15 is 0 Å². The van der Waals surface area contributed by atoms with Crippen LogP contribution < -0.4 is 4.74 Å². The van der Waals surface area contributed by atoms with Gasteiger partial charge < -0.3 is 14.4 Å². The fraction of sp³-hybridized carbons (Fsp3) is 0.350. The van der Waals surface area contributed by atoms with E-state index in [1.807, 2.05) is 6.92 Å². The Morgan fingerprint density at radius 1 is 1.23 bits per heavy atom. The third-order valence-corrected chi connectivity index (χ3v) is 7.67. The highest BCUT2D eigenvalue weighted by atomic mass is 127. The topological polar surface area (TPSA) is 81.4 Å². The summed E-state index contributed by atoms with van der Waals surface area (Å²) < 4.78 is 32.5. The summed E-state index contributed by atoms with van der Waals surface area (Å²) in [6, 6.07) is 10.1. The minimum Gasteiger partial charge on any atom is -0.497 e. The molecule has 0 aliphatic rings. The van der Waals surface area contributed by atoms with Gasteiger partial charge in [-0.25, -0.2) is 13.4 Å². The molecule has 162 valence electrons. The molecule has 2 aromatic carbocycles. The summed E-state index contributed by atoms with van der Waals surface area (Å²) in [5.41, 5.74) is 0.105. The van der Waals surface area contributed by atoms with Crippen molar-refractivity contribution in [1.82, 2.24) is 9.55 Å². The Kier molecular flexibility index (Phi) is 6.93. The van der Waals surface area contributed by atoms with Crippen molar-refractivity contribution in [2.45, 2.75) is 29.2 Å². The normalized spacial score (nSPS) is 15.2. The molecule has 3 aromatic rings. The molecular weight excluding hydrogens is 562 g/mol. The van der Waals surface area contributed by atoms with Crippen molar-refractivity contribution >= 4 is 66.7 Å². The molecule has 2 atom stereocenters. The zero-order chi connectivity index (χ0) is 22.3. The second-order valence-electron chi connectivity index (χ2n) is 7.29. The lowest BCUT2D eigenvalue weighted by Gasteiger charge is -2.25. The minimum atomic E-state index is -3.65. The first-order valence-corrected chi connectivity index (χ1v) is 12.8. The highest BCUT2D eigenvalue weighted by molar-refractivity contribution is 14.1. The van der Waals surface area contributed by atoms with Gasteiger partial charge in [-0.3, -0.25) is 0 Å². The van der Waals surface area contributed by atoms with Gasteiger partial charge in [-0.05, 0) is 43.7 Å². The summed E-state index contributed by atoms with van der Waals surface area (Å²) in [6.07, 6.45) is 0. The number of methoxy groups -OCH3 is 1. The molecule has 0 aliphatic carbocycles. The molecule has 0 fully saturated rings. The monoisotopic (exact) mass is 582 g/mol. The van der Waals surface area contributed by atoms with Crippen LogP contribution in [0, 0.1) is 0 Å². The van der Waals surface area contributed by atoms with Gasteiger partial charge >= 0.3 is 0 Å². The van der Waals surface area contributed by atoms with Crippen molar-refractivity contribution < 1.29 is 18.3 Å². The lowest BCUT2D eigenvalue weighted by molar-refractivity contribution is 0.0688. The number of alkyl halides is 1. The maximum absolute atomic E-state index is 12.9. The molecule has 10 heteroatoms. The number of ether oxygens (including phenoxy) is 1. The van der Waals surface area contributed by atoms with Crippen LogP contribution in [-0.4, -0.2) is 35.9 Å². The first-order chi connectivity index (χ1) is 13.9. The van der Waals surface area contributed by atoms with E-state index in [4.69, 9.17) is 27.9 Å². The maximum Gasteiger partial charge on any atom is 0.157 e. The van der Waals surface area contributed by atoms with Crippen molar-refractivity contribution in [3.8, 4) is 5.75 Å². The summed E-state index contributed by atoms with van der Waals surface area (Å²) in [6.45, 7) is 3.37. The molecular formula is C20H21Cl2IN2O4S. The van der Waals surface area contributed by atoms with Gasteiger partial charge in [-0.2, -0.15) is 0 Å². The molecule has 0 aliphatic heterocycles. The number of hydrogen-bond acceptors (Lipinski definition) is 5. The van der Waals surface area contributed by atoms with Gasteiger partial charge in [0.05, 0.1) is 43.7 Å². The molecule has 0 saturated carbocycles. The number of rotatable bonds is 7. The van der Waals surface area contributed by atoms with Crippen LogP contribution in [0.5, 0.6) is 5.75 Å². The Labute approximate surface area is 199 Å². The van der Waals surface area contributed by atoms with Crippen LogP contribution >= 0.6 is 45.8 Å². The quantitative estimate of drug-likeness (QED) is 0.309. The molecule has 1 N–H and O–H groups in total. The first kappa shape index (κ1) is 23.6. The summed E-state index contributed by atoms with van der Waals surface area (Å²) in [5.74, 6) is 0.201. The zero-order valence-corrected chi connectivity index (χ0v) is 21.1. The summed E-state index contributed by atoms with van der Waals surface area (Å²) in [7, 11) is -2.11. The lowest BCUT2D eigenvalue weighted by Crippen LogP contribution is -2.35. The number of halogens is 3. The smallest absolute Gasteiger partial charge is 0.157 e. The Morgan fingerprint density at radius 3 is 2.40 bits per heavy atom. The van der Waals surface area contributed by atoms with Gasteiger partial charge in [0, 0.05) is 0 Å². The third kappa shape index (κ3) is 5.04. The van der Waals surface area contributed by atoms with E-state index in [0.717, 1.165) is 0 Å². The largest absolute Gasteiger partial charge is 0.497 e. The van der Waals surface area contributed by atoms with Gasteiger partial charge in [0.1, 0.15) is 17.2 Å². The molecule has 0 bridgehead atoms. The molecule has 0 radical (unpaired) electrons. The Balaban J connectivity index is 1.97. The third-order valence-electron chi connectivity index (χ3n) is 4.62.